The highest BCUT2D eigenvalue weighted by atomic mass is 16.5. The van der Waals surface area contributed by atoms with E-state index in [1.165, 1.54) is 30.4 Å². The monoisotopic (exact) mass is 338 g/mol. The molecule has 1 unspecified atom stereocenters. The quantitative estimate of drug-likeness (QED) is 0.857. The lowest BCUT2D eigenvalue weighted by atomic mass is 10.1. The van der Waals surface area contributed by atoms with Crippen LogP contribution in [0.2, 0.25) is 0 Å². The molecule has 2 fully saturated rings. The molecule has 1 aromatic carbocycles. The molecule has 3 heterocycles. The van der Waals surface area contributed by atoms with Crippen molar-refractivity contribution in [2.24, 2.45) is 0 Å². The summed E-state index contributed by atoms with van der Waals surface area (Å²) < 4.78 is 5.95. The second-order valence-electron chi connectivity index (χ2n) is 6.94. The molecule has 2 aliphatic heterocycles. The van der Waals surface area contributed by atoms with Crippen molar-refractivity contribution in [3.8, 4) is 0 Å². The standard InChI is InChI=1S/C20H26N4O/c1-3-7-18(8-4-1)19-16-23(11-12-25-19)15-17-13-21-20(22-14-17)24-9-5-2-6-10-24/h1,3-4,7-8,13-14,19H,2,5-6,9-12,15-16H2. The first-order valence-corrected chi connectivity index (χ1v) is 9.33. The Labute approximate surface area is 149 Å². The summed E-state index contributed by atoms with van der Waals surface area (Å²) in [4.78, 5) is 13.9. The summed E-state index contributed by atoms with van der Waals surface area (Å²) in [6, 6.07) is 10.5. The van der Waals surface area contributed by atoms with Gasteiger partial charge in [-0.25, -0.2) is 9.97 Å². The number of benzene rings is 1. The Morgan fingerprint density at radius 1 is 0.960 bits per heavy atom. The van der Waals surface area contributed by atoms with Crippen LogP contribution in [0.4, 0.5) is 5.95 Å². The minimum atomic E-state index is 0.156. The number of ether oxygens (including phenoxy) is 1. The van der Waals surface area contributed by atoms with Crippen molar-refractivity contribution in [3.63, 3.8) is 0 Å². The van der Waals surface area contributed by atoms with E-state index in [0.717, 1.165) is 45.3 Å². The SMILES string of the molecule is c1ccc(C2CN(Cc3cnc(N4CCCCC4)nc3)CCO2)cc1. The number of aromatic nitrogens is 2. The van der Waals surface area contributed by atoms with Crippen LogP contribution in [-0.2, 0) is 11.3 Å². The van der Waals surface area contributed by atoms with Gasteiger partial charge < -0.3 is 9.64 Å². The second kappa shape index (κ2) is 7.93. The molecule has 0 N–H and O–H groups in total. The van der Waals surface area contributed by atoms with Crippen LogP contribution < -0.4 is 4.90 Å². The van der Waals surface area contributed by atoms with Gasteiger partial charge in [-0.1, -0.05) is 30.3 Å². The maximum atomic E-state index is 5.95. The Kier molecular flexibility index (Phi) is 5.23. The third kappa shape index (κ3) is 4.17. The molecule has 0 amide bonds. The molecule has 0 bridgehead atoms. The summed E-state index contributed by atoms with van der Waals surface area (Å²) in [5.41, 5.74) is 2.43. The van der Waals surface area contributed by atoms with Gasteiger partial charge in [0.25, 0.3) is 0 Å². The first-order chi connectivity index (χ1) is 12.4. The second-order valence-corrected chi connectivity index (χ2v) is 6.94. The van der Waals surface area contributed by atoms with Gasteiger partial charge in [0.1, 0.15) is 0 Å². The predicted molar refractivity (Wildman–Crippen MR) is 98.5 cm³/mol. The Hall–Kier alpha value is -1.98. The Morgan fingerprint density at radius 2 is 1.72 bits per heavy atom. The van der Waals surface area contributed by atoms with Gasteiger partial charge >= 0.3 is 0 Å². The van der Waals surface area contributed by atoms with Crippen LogP contribution in [-0.4, -0.2) is 47.7 Å². The number of nitrogens with zero attached hydrogens (tertiary/aromatic N) is 4. The van der Waals surface area contributed by atoms with E-state index in [1.54, 1.807) is 0 Å². The number of rotatable bonds is 4. The van der Waals surface area contributed by atoms with E-state index in [0.29, 0.717) is 0 Å². The fourth-order valence-corrected chi connectivity index (χ4v) is 3.66. The first-order valence-electron chi connectivity index (χ1n) is 9.33. The third-order valence-electron chi connectivity index (χ3n) is 5.06. The molecular formula is C20H26N4O. The molecule has 0 spiro atoms. The largest absolute Gasteiger partial charge is 0.371 e. The Bertz CT molecular complexity index is 655. The Morgan fingerprint density at radius 3 is 2.48 bits per heavy atom. The van der Waals surface area contributed by atoms with Crippen LogP contribution >= 0.6 is 0 Å². The van der Waals surface area contributed by atoms with Crippen LogP contribution in [0, 0.1) is 0 Å². The fourth-order valence-electron chi connectivity index (χ4n) is 3.66. The van der Waals surface area contributed by atoms with Gasteiger partial charge in [0.2, 0.25) is 5.95 Å². The highest BCUT2D eigenvalue weighted by molar-refractivity contribution is 5.30. The molecule has 0 aliphatic carbocycles. The number of morpholine rings is 1. The molecule has 2 saturated heterocycles. The minimum absolute atomic E-state index is 0.156. The average molecular weight is 338 g/mol. The first kappa shape index (κ1) is 16.5. The van der Waals surface area contributed by atoms with Crippen LogP contribution in [0.15, 0.2) is 42.7 Å². The van der Waals surface area contributed by atoms with Crippen molar-refractivity contribution in [2.75, 3.05) is 37.7 Å². The van der Waals surface area contributed by atoms with E-state index >= 15 is 0 Å². The summed E-state index contributed by atoms with van der Waals surface area (Å²) in [5, 5.41) is 0. The van der Waals surface area contributed by atoms with Gasteiger partial charge in [-0.3, -0.25) is 4.90 Å². The van der Waals surface area contributed by atoms with Crippen molar-refractivity contribution in [3.05, 3.63) is 53.9 Å². The van der Waals surface area contributed by atoms with Gasteiger partial charge in [-0.15, -0.1) is 0 Å². The molecule has 2 aliphatic rings. The van der Waals surface area contributed by atoms with Gasteiger partial charge in [-0.2, -0.15) is 0 Å². The predicted octanol–water partition coefficient (Wildman–Crippen LogP) is 3.04. The lowest BCUT2D eigenvalue weighted by molar-refractivity contribution is -0.0329. The zero-order chi connectivity index (χ0) is 16.9. The molecular weight excluding hydrogens is 312 g/mol. The summed E-state index contributed by atoms with van der Waals surface area (Å²) in [6.45, 7) is 5.69. The summed E-state index contributed by atoms with van der Waals surface area (Å²) >= 11 is 0. The van der Waals surface area contributed by atoms with Crippen LogP contribution in [0.5, 0.6) is 0 Å². The molecule has 4 rings (SSSR count). The lowest BCUT2D eigenvalue weighted by Crippen LogP contribution is -2.38. The van der Waals surface area contributed by atoms with Crippen LogP contribution in [0.3, 0.4) is 0 Å². The molecule has 5 heteroatoms. The highest BCUT2D eigenvalue weighted by Crippen LogP contribution is 2.23. The lowest BCUT2D eigenvalue weighted by Gasteiger charge is -2.33. The van der Waals surface area contributed by atoms with Gasteiger partial charge in [0, 0.05) is 50.7 Å². The topological polar surface area (TPSA) is 41.5 Å². The zero-order valence-electron chi connectivity index (χ0n) is 14.7. The third-order valence-corrected chi connectivity index (χ3v) is 5.06. The van der Waals surface area contributed by atoms with Gasteiger partial charge in [0.05, 0.1) is 12.7 Å². The number of hydrogen-bond acceptors (Lipinski definition) is 5. The van der Waals surface area contributed by atoms with Crippen molar-refractivity contribution >= 4 is 5.95 Å². The van der Waals surface area contributed by atoms with E-state index in [-0.39, 0.29) is 6.10 Å². The van der Waals surface area contributed by atoms with Crippen molar-refractivity contribution in [1.29, 1.82) is 0 Å². The van der Waals surface area contributed by atoms with Crippen molar-refractivity contribution < 1.29 is 4.74 Å². The highest BCUT2D eigenvalue weighted by Gasteiger charge is 2.22. The van der Waals surface area contributed by atoms with E-state index < -0.39 is 0 Å². The smallest absolute Gasteiger partial charge is 0.225 e. The van der Waals surface area contributed by atoms with Crippen molar-refractivity contribution in [1.82, 2.24) is 14.9 Å². The zero-order valence-corrected chi connectivity index (χ0v) is 14.7. The van der Waals surface area contributed by atoms with E-state index in [4.69, 9.17) is 4.74 Å². The number of anilines is 1. The Balaban J connectivity index is 1.36. The van der Waals surface area contributed by atoms with Crippen molar-refractivity contribution in [2.45, 2.75) is 31.9 Å². The number of hydrogen-bond donors (Lipinski definition) is 0. The maximum Gasteiger partial charge on any atom is 0.225 e. The van der Waals surface area contributed by atoms with Gasteiger partial charge in [0.15, 0.2) is 0 Å². The normalized spacial score (nSPS) is 22.1. The number of piperidine rings is 1. The molecule has 132 valence electrons. The maximum absolute atomic E-state index is 5.95. The molecule has 5 nitrogen and oxygen atoms in total. The summed E-state index contributed by atoms with van der Waals surface area (Å²) in [5.74, 6) is 0.882. The molecule has 25 heavy (non-hydrogen) atoms. The minimum Gasteiger partial charge on any atom is -0.371 e. The molecule has 1 aromatic heterocycles. The van der Waals surface area contributed by atoms with E-state index in [2.05, 4.69) is 44.0 Å². The van der Waals surface area contributed by atoms with Crippen LogP contribution in [0.1, 0.15) is 36.5 Å². The summed E-state index contributed by atoms with van der Waals surface area (Å²) in [7, 11) is 0. The fraction of sp³-hybridized carbons (Fsp3) is 0.500. The molecule has 2 aromatic rings. The molecule has 0 radical (unpaired) electrons. The van der Waals surface area contributed by atoms with Crippen LogP contribution in [0.25, 0.3) is 0 Å². The summed E-state index contributed by atoms with van der Waals surface area (Å²) in [6.07, 6.45) is 7.96. The van der Waals surface area contributed by atoms with E-state index in [9.17, 15) is 0 Å². The van der Waals surface area contributed by atoms with Gasteiger partial charge in [-0.05, 0) is 24.8 Å². The van der Waals surface area contributed by atoms with E-state index in [1.807, 2.05) is 18.5 Å². The molecule has 1 atom stereocenters. The molecule has 0 saturated carbocycles. The average Bonchev–Trinajstić information content (AvgIpc) is 2.70.